The van der Waals surface area contributed by atoms with Crippen LogP contribution >= 0.6 is 0 Å². The SMILES string of the molecule is CCC(C)(C)C.CCC(C)(C)C.CCC(C)(C)N(C)C.Cc1cc(C)c(OCC(C)(C)N(C)C)c(C)c1.[CH2-]C(C)(C)N(C)C.[V]. The first-order chi connectivity index (χ1) is 19.3. The summed E-state index contributed by atoms with van der Waals surface area (Å²) in [5.41, 5.74) is 5.32. The Morgan fingerprint density at radius 1 is 0.556 bits per heavy atom. The predicted molar refractivity (Wildman–Crippen MR) is 205 cm³/mol. The molecule has 1 rings (SSSR count). The van der Waals surface area contributed by atoms with E-state index in [0.29, 0.717) is 23.0 Å². The van der Waals surface area contributed by atoms with Gasteiger partial charge in [0.2, 0.25) is 0 Å². The first-order valence-electron chi connectivity index (χ1n) is 16.9. The first-order valence-corrected chi connectivity index (χ1v) is 16.9. The summed E-state index contributed by atoms with van der Waals surface area (Å²) in [7, 11) is 12.4. The molecule has 1 aromatic carbocycles. The van der Waals surface area contributed by atoms with Crippen molar-refractivity contribution < 1.29 is 23.3 Å². The molecule has 0 saturated carbocycles. The van der Waals surface area contributed by atoms with E-state index in [1.54, 1.807) is 0 Å². The minimum atomic E-state index is 0. The summed E-state index contributed by atoms with van der Waals surface area (Å²) >= 11 is 0. The summed E-state index contributed by atoms with van der Waals surface area (Å²) in [6.07, 6.45) is 3.75. The molecule has 0 heterocycles. The summed E-state index contributed by atoms with van der Waals surface area (Å²) < 4.78 is 6.01. The molecular weight excluding hydrogens is 589 g/mol. The molecule has 0 spiro atoms. The van der Waals surface area contributed by atoms with Gasteiger partial charge in [-0.2, -0.15) is 0 Å². The Balaban J connectivity index is -0.000000161. The van der Waals surface area contributed by atoms with E-state index in [9.17, 15) is 0 Å². The molecule has 0 fully saturated rings. The quantitative estimate of drug-likeness (QED) is 0.268. The molecule has 4 nitrogen and oxygen atoms in total. The Labute approximate surface area is 298 Å². The molecule has 0 aliphatic rings. The maximum absolute atomic E-state index is 6.01. The molecule has 0 N–H and O–H groups in total. The van der Waals surface area contributed by atoms with E-state index < -0.39 is 0 Å². The van der Waals surface area contributed by atoms with Crippen LogP contribution in [-0.4, -0.2) is 80.2 Å². The topological polar surface area (TPSA) is 19.0 Å². The van der Waals surface area contributed by atoms with Crippen molar-refractivity contribution in [3.63, 3.8) is 0 Å². The number of ether oxygens (including phenoxy) is 1. The predicted octanol–water partition coefficient (Wildman–Crippen LogP) is 11.1. The van der Waals surface area contributed by atoms with Crippen LogP contribution in [0, 0.1) is 38.5 Å². The van der Waals surface area contributed by atoms with Crippen LogP contribution in [0.1, 0.15) is 140 Å². The Hall–Kier alpha value is -0.516. The Bertz CT molecular complexity index is 815. The number of benzene rings is 1. The third kappa shape index (κ3) is 31.8. The van der Waals surface area contributed by atoms with Crippen molar-refractivity contribution >= 4 is 0 Å². The second kappa shape index (κ2) is 23.8. The standard InChI is InChI=1S/C15H25NO.C7H17N.C6H14N.2C6H14.V/c1-11-8-12(2)14(13(3)9-11)17-10-15(4,5)16(6)7;1-6-7(2,3)8(4)5;1-6(2,3)7(4)5;2*1-5-6(2,3)4;/h8-9H,10H2,1-7H3;6H2,1-5H3;1H2,2-5H3;2*5H2,1-4H3;/q;;-1;;;. The molecule has 1 aromatic rings. The van der Waals surface area contributed by atoms with Gasteiger partial charge in [-0.15, -0.1) is 5.54 Å². The normalized spacial score (nSPS) is 12.0. The Morgan fingerprint density at radius 3 is 0.978 bits per heavy atom. The summed E-state index contributed by atoms with van der Waals surface area (Å²) in [4.78, 5) is 6.51. The van der Waals surface area contributed by atoms with Gasteiger partial charge < -0.3 is 26.4 Å². The van der Waals surface area contributed by atoms with Crippen LogP contribution in [0.2, 0.25) is 0 Å². The zero-order valence-corrected chi connectivity index (χ0v) is 36.8. The molecular formula is C40H84N3OV-. The van der Waals surface area contributed by atoms with Crippen molar-refractivity contribution in [1.82, 2.24) is 14.7 Å². The summed E-state index contributed by atoms with van der Waals surface area (Å²) in [6, 6.07) is 4.34. The van der Waals surface area contributed by atoms with Gasteiger partial charge >= 0.3 is 0 Å². The van der Waals surface area contributed by atoms with Gasteiger partial charge in [-0.3, -0.25) is 0 Å². The number of hydrogen-bond donors (Lipinski definition) is 0. The van der Waals surface area contributed by atoms with Gasteiger partial charge in [0.25, 0.3) is 0 Å². The molecule has 0 saturated heterocycles. The first kappa shape index (κ1) is 54.0. The number of aryl methyl sites for hydroxylation is 3. The smallest absolute Gasteiger partial charge is 0.125 e. The third-order valence-corrected chi connectivity index (χ3v) is 8.79. The van der Waals surface area contributed by atoms with Gasteiger partial charge in [-0.05, 0) is 119 Å². The van der Waals surface area contributed by atoms with E-state index in [1.807, 2.05) is 14.1 Å². The van der Waals surface area contributed by atoms with Crippen LogP contribution in [0.4, 0.5) is 0 Å². The molecule has 0 aromatic heterocycles. The van der Waals surface area contributed by atoms with E-state index in [0.717, 1.165) is 5.75 Å². The summed E-state index contributed by atoms with van der Waals surface area (Å²) in [5.74, 6) is 1.03. The maximum Gasteiger partial charge on any atom is 0.125 e. The van der Waals surface area contributed by atoms with Crippen LogP contribution in [0.5, 0.6) is 5.75 Å². The fourth-order valence-electron chi connectivity index (χ4n) is 2.09. The van der Waals surface area contributed by atoms with Gasteiger partial charge in [-0.25, -0.2) is 0 Å². The van der Waals surface area contributed by atoms with Crippen molar-refractivity contribution in [2.75, 3.05) is 48.9 Å². The Kier molecular flexibility index (Phi) is 28.5. The van der Waals surface area contributed by atoms with Gasteiger partial charge in [0.15, 0.2) is 0 Å². The van der Waals surface area contributed by atoms with Gasteiger partial charge in [-0.1, -0.05) is 107 Å². The number of rotatable bonds is 7. The molecule has 0 aliphatic carbocycles. The van der Waals surface area contributed by atoms with E-state index >= 15 is 0 Å². The zero-order chi connectivity index (χ0) is 36.5. The van der Waals surface area contributed by atoms with E-state index in [2.05, 4.69) is 187 Å². The van der Waals surface area contributed by atoms with Crippen molar-refractivity contribution in [1.29, 1.82) is 0 Å². The van der Waals surface area contributed by atoms with E-state index in [4.69, 9.17) is 4.74 Å². The van der Waals surface area contributed by atoms with Crippen molar-refractivity contribution in [2.24, 2.45) is 10.8 Å². The molecule has 0 unspecified atom stereocenters. The molecule has 0 atom stereocenters. The minimum Gasteiger partial charge on any atom is -0.491 e. The molecule has 5 heteroatoms. The summed E-state index contributed by atoms with van der Waals surface area (Å²) in [5, 5.41) is 0. The summed E-state index contributed by atoms with van der Waals surface area (Å²) in [6.45, 7) is 44.0. The Morgan fingerprint density at radius 2 is 0.822 bits per heavy atom. The van der Waals surface area contributed by atoms with Crippen molar-refractivity contribution in [2.45, 2.75) is 161 Å². The third-order valence-electron chi connectivity index (χ3n) is 8.79. The average molecular weight is 674 g/mol. The van der Waals surface area contributed by atoms with Crippen molar-refractivity contribution in [3.8, 4) is 5.75 Å². The zero-order valence-electron chi connectivity index (χ0n) is 35.4. The fourth-order valence-corrected chi connectivity index (χ4v) is 2.09. The van der Waals surface area contributed by atoms with Crippen LogP contribution in [-0.2, 0) is 18.6 Å². The largest absolute Gasteiger partial charge is 0.491 e. The second-order valence-corrected chi connectivity index (χ2v) is 17.3. The van der Waals surface area contributed by atoms with E-state index in [1.165, 1.54) is 36.0 Å². The minimum absolute atomic E-state index is 0. The molecule has 271 valence electrons. The molecule has 0 aliphatic heterocycles. The second-order valence-electron chi connectivity index (χ2n) is 17.3. The van der Waals surface area contributed by atoms with Crippen LogP contribution < -0.4 is 4.74 Å². The van der Waals surface area contributed by atoms with Gasteiger partial charge in [0, 0.05) is 29.6 Å². The fraction of sp³-hybridized carbons (Fsp3) is 0.825. The van der Waals surface area contributed by atoms with Crippen LogP contribution in [0.3, 0.4) is 0 Å². The van der Waals surface area contributed by atoms with Crippen LogP contribution in [0.25, 0.3) is 0 Å². The molecule has 0 amide bonds. The molecule has 0 bridgehead atoms. The monoisotopic (exact) mass is 674 g/mol. The van der Waals surface area contributed by atoms with Gasteiger partial charge in [0.1, 0.15) is 12.4 Å². The maximum atomic E-state index is 6.01. The van der Waals surface area contributed by atoms with Crippen LogP contribution in [0.15, 0.2) is 12.1 Å². The number of nitrogens with zero attached hydrogens (tertiary/aromatic N) is 3. The van der Waals surface area contributed by atoms with Gasteiger partial charge in [0.05, 0.1) is 0 Å². The molecule has 45 heavy (non-hydrogen) atoms. The van der Waals surface area contributed by atoms with Crippen molar-refractivity contribution in [3.05, 3.63) is 35.7 Å². The number of hydrogen-bond acceptors (Lipinski definition) is 4. The van der Waals surface area contributed by atoms with E-state index in [-0.39, 0.29) is 29.6 Å². The molecule has 1 radical (unpaired) electrons. The number of likely N-dealkylation sites (N-methyl/N-ethyl adjacent to an activating group) is 1. The average Bonchev–Trinajstić information content (AvgIpc) is 2.83.